The molecule has 0 aliphatic rings. The fourth-order valence-corrected chi connectivity index (χ4v) is 1.25. The summed E-state index contributed by atoms with van der Waals surface area (Å²) in [6.07, 6.45) is 0. The molecule has 6 nitrogen and oxygen atoms in total. The van der Waals surface area contributed by atoms with Gasteiger partial charge in [-0.15, -0.1) is 0 Å². The molecule has 0 radical (unpaired) electrons. The summed E-state index contributed by atoms with van der Waals surface area (Å²) in [6, 6.07) is -0.0511. The number of aliphatic carboxylic acids is 1. The van der Waals surface area contributed by atoms with Crippen molar-refractivity contribution in [3.63, 3.8) is 0 Å². The summed E-state index contributed by atoms with van der Waals surface area (Å²) in [5.41, 5.74) is 1.59. The number of aryl methyl sites for hydroxylation is 1. The number of nitrogens with one attached hydrogen (secondary N) is 1. The van der Waals surface area contributed by atoms with Crippen molar-refractivity contribution in [3.8, 4) is 0 Å². The van der Waals surface area contributed by atoms with Crippen LogP contribution in [0.2, 0.25) is 0 Å². The lowest BCUT2D eigenvalue weighted by Gasteiger charge is -2.20. The number of H-pyrrole nitrogens is 1. The second kappa shape index (κ2) is 4.19. The molecule has 0 aliphatic carbocycles. The van der Waals surface area contributed by atoms with E-state index >= 15 is 0 Å². The zero-order valence-electron chi connectivity index (χ0n) is 8.48. The molecule has 0 saturated carbocycles. The highest BCUT2D eigenvalue weighted by atomic mass is 16.4. The Kier molecular flexibility index (Phi) is 3.19. The number of carboxylic acid groups (broad SMARTS) is 1. The first-order valence-corrected chi connectivity index (χ1v) is 4.31. The average Bonchev–Trinajstić information content (AvgIpc) is 2.48. The Bertz CT molecular complexity index is 323. The van der Waals surface area contributed by atoms with Gasteiger partial charge < -0.3 is 5.11 Å². The maximum Gasteiger partial charge on any atom is 0.317 e. The van der Waals surface area contributed by atoms with E-state index in [1.165, 1.54) is 0 Å². The number of nitrogens with zero attached hydrogens (tertiary/aromatic N) is 3. The lowest BCUT2D eigenvalue weighted by Crippen LogP contribution is -2.29. The van der Waals surface area contributed by atoms with Crippen molar-refractivity contribution in [2.75, 3.05) is 13.6 Å². The second-order valence-electron chi connectivity index (χ2n) is 3.28. The quantitative estimate of drug-likeness (QED) is 0.721. The van der Waals surface area contributed by atoms with Gasteiger partial charge in [0, 0.05) is 0 Å². The third-order valence-corrected chi connectivity index (χ3v) is 2.20. The van der Waals surface area contributed by atoms with E-state index in [9.17, 15) is 4.79 Å². The van der Waals surface area contributed by atoms with E-state index < -0.39 is 5.97 Å². The molecule has 6 heteroatoms. The molecule has 14 heavy (non-hydrogen) atoms. The zero-order valence-corrected chi connectivity index (χ0v) is 8.48. The topological polar surface area (TPSA) is 82.1 Å². The van der Waals surface area contributed by atoms with Gasteiger partial charge in [-0.3, -0.25) is 9.69 Å². The van der Waals surface area contributed by atoms with Crippen molar-refractivity contribution in [1.82, 2.24) is 20.3 Å². The van der Waals surface area contributed by atoms with E-state index in [0.29, 0.717) is 0 Å². The number of hydrogen-bond acceptors (Lipinski definition) is 4. The van der Waals surface area contributed by atoms with Crippen LogP contribution in [0.4, 0.5) is 0 Å². The number of rotatable bonds is 4. The van der Waals surface area contributed by atoms with Crippen LogP contribution in [0.1, 0.15) is 24.4 Å². The molecule has 1 rings (SSSR count). The van der Waals surface area contributed by atoms with Crippen molar-refractivity contribution in [2.24, 2.45) is 0 Å². The Morgan fingerprint density at radius 3 is 2.71 bits per heavy atom. The number of aromatic amines is 1. The number of aromatic nitrogens is 3. The summed E-state index contributed by atoms with van der Waals surface area (Å²) in [4.78, 5) is 12.2. The molecule has 1 aromatic rings. The van der Waals surface area contributed by atoms with E-state index in [4.69, 9.17) is 5.11 Å². The predicted molar refractivity (Wildman–Crippen MR) is 49.8 cm³/mol. The number of carboxylic acids is 1. The van der Waals surface area contributed by atoms with Crippen LogP contribution >= 0.6 is 0 Å². The minimum atomic E-state index is -0.847. The van der Waals surface area contributed by atoms with Gasteiger partial charge in [-0.25, -0.2) is 0 Å². The molecule has 1 aromatic heterocycles. The second-order valence-corrected chi connectivity index (χ2v) is 3.28. The average molecular weight is 198 g/mol. The normalized spacial score (nSPS) is 13.1. The van der Waals surface area contributed by atoms with Crippen LogP contribution in [-0.2, 0) is 4.79 Å². The number of hydrogen-bond donors (Lipinski definition) is 2. The lowest BCUT2D eigenvalue weighted by atomic mass is 10.2. The highest BCUT2D eigenvalue weighted by Gasteiger charge is 2.18. The first kappa shape index (κ1) is 10.6. The van der Waals surface area contributed by atoms with Gasteiger partial charge in [0.1, 0.15) is 5.69 Å². The summed E-state index contributed by atoms with van der Waals surface area (Å²) in [5, 5.41) is 19.0. The van der Waals surface area contributed by atoms with Crippen LogP contribution in [0.3, 0.4) is 0 Å². The summed E-state index contributed by atoms with van der Waals surface area (Å²) >= 11 is 0. The van der Waals surface area contributed by atoms with Crippen molar-refractivity contribution in [1.29, 1.82) is 0 Å². The molecule has 0 spiro atoms. The van der Waals surface area contributed by atoms with Gasteiger partial charge in [0.15, 0.2) is 0 Å². The first-order valence-electron chi connectivity index (χ1n) is 4.31. The van der Waals surface area contributed by atoms with Gasteiger partial charge in [-0.2, -0.15) is 15.4 Å². The highest BCUT2D eigenvalue weighted by Crippen LogP contribution is 2.17. The molecule has 0 fully saturated rings. The van der Waals surface area contributed by atoms with Gasteiger partial charge in [-0.05, 0) is 20.9 Å². The summed E-state index contributed by atoms with van der Waals surface area (Å²) in [6.45, 7) is 3.73. The van der Waals surface area contributed by atoms with Crippen molar-refractivity contribution in [2.45, 2.75) is 19.9 Å². The molecule has 0 bridgehead atoms. The maximum absolute atomic E-state index is 10.5. The molecule has 0 aromatic carbocycles. The van der Waals surface area contributed by atoms with E-state index in [2.05, 4.69) is 15.4 Å². The maximum atomic E-state index is 10.5. The van der Waals surface area contributed by atoms with Crippen LogP contribution in [0.25, 0.3) is 0 Å². The Labute approximate surface area is 81.9 Å². The minimum absolute atomic E-state index is 0.00648. The molecule has 0 saturated heterocycles. The fourth-order valence-electron chi connectivity index (χ4n) is 1.25. The van der Waals surface area contributed by atoms with Crippen molar-refractivity contribution in [3.05, 3.63) is 11.4 Å². The molecular formula is C8H14N4O2. The summed E-state index contributed by atoms with van der Waals surface area (Å²) in [5.74, 6) is -0.847. The molecule has 1 unspecified atom stereocenters. The Balaban J connectivity index is 2.70. The largest absolute Gasteiger partial charge is 0.480 e. The molecule has 1 heterocycles. The fraction of sp³-hybridized carbons (Fsp3) is 0.625. The Morgan fingerprint density at radius 1 is 1.64 bits per heavy atom. The molecule has 1 atom stereocenters. The lowest BCUT2D eigenvalue weighted by molar-refractivity contribution is -0.138. The minimum Gasteiger partial charge on any atom is -0.480 e. The van der Waals surface area contributed by atoms with Gasteiger partial charge in [0.2, 0.25) is 0 Å². The Morgan fingerprint density at radius 2 is 2.29 bits per heavy atom. The molecule has 0 amide bonds. The third-order valence-electron chi connectivity index (χ3n) is 2.20. The van der Waals surface area contributed by atoms with E-state index in [-0.39, 0.29) is 12.6 Å². The Hall–Kier alpha value is -1.43. The standard InChI is InChI=1S/C8H14N4O2/c1-5-8(10-11-9-5)6(2)12(3)4-7(13)14/h6H,4H2,1-3H3,(H,13,14)(H,9,10,11). The predicted octanol–water partition coefficient (Wildman–Crippen LogP) is 0.191. The van der Waals surface area contributed by atoms with E-state index in [1.807, 2.05) is 13.8 Å². The first-order chi connectivity index (χ1) is 6.52. The van der Waals surface area contributed by atoms with Crippen LogP contribution < -0.4 is 0 Å². The summed E-state index contributed by atoms with van der Waals surface area (Å²) in [7, 11) is 1.74. The van der Waals surface area contributed by atoms with Gasteiger partial charge in [0.05, 0.1) is 18.3 Å². The van der Waals surface area contributed by atoms with Crippen LogP contribution in [0.5, 0.6) is 0 Å². The van der Waals surface area contributed by atoms with Gasteiger partial charge in [-0.1, -0.05) is 0 Å². The van der Waals surface area contributed by atoms with Crippen LogP contribution in [0.15, 0.2) is 0 Å². The van der Waals surface area contributed by atoms with E-state index in [0.717, 1.165) is 11.4 Å². The zero-order chi connectivity index (χ0) is 10.7. The third kappa shape index (κ3) is 2.29. The van der Waals surface area contributed by atoms with E-state index in [1.54, 1.807) is 11.9 Å². The summed E-state index contributed by atoms with van der Waals surface area (Å²) < 4.78 is 0. The number of carbonyl (C=O) groups is 1. The highest BCUT2D eigenvalue weighted by molar-refractivity contribution is 5.69. The van der Waals surface area contributed by atoms with Crippen LogP contribution in [0, 0.1) is 6.92 Å². The monoisotopic (exact) mass is 198 g/mol. The van der Waals surface area contributed by atoms with Crippen molar-refractivity contribution < 1.29 is 9.90 Å². The smallest absolute Gasteiger partial charge is 0.317 e. The molecule has 2 N–H and O–H groups in total. The number of likely N-dealkylation sites (N-methyl/N-ethyl adjacent to an activating group) is 1. The molecule has 78 valence electrons. The molecular weight excluding hydrogens is 184 g/mol. The SMILES string of the molecule is Cc1n[nH]nc1C(C)N(C)CC(=O)O. The van der Waals surface area contributed by atoms with Crippen LogP contribution in [-0.4, -0.2) is 45.0 Å². The van der Waals surface area contributed by atoms with Crippen molar-refractivity contribution >= 4 is 5.97 Å². The van der Waals surface area contributed by atoms with Gasteiger partial charge in [0.25, 0.3) is 0 Å². The molecule has 0 aliphatic heterocycles. The van der Waals surface area contributed by atoms with Gasteiger partial charge >= 0.3 is 5.97 Å².